The molecule has 0 aromatic carbocycles. The molecule has 0 bridgehead atoms. The van der Waals surface area contributed by atoms with E-state index in [9.17, 15) is 4.79 Å². The van der Waals surface area contributed by atoms with Gasteiger partial charge in [-0.3, -0.25) is 4.79 Å². The number of hydrogen-bond donors (Lipinski definition) is 1. The van der Waals surface area contributed by atoms with Crippen LogP contribution in [0.3, 0.4) is 0 Å². The summed E-state index contributed by atoms with van der Waals surface area (Å²) in [6.45, 7) is 5.38. The normalized spacial score (nSPS) is 26.8. The number of likely N-dealkylation sites (N-methyl/N-ethyl adjacent to an activating group) is 1. The minimum absolute atomic E-state index is 0.134. The lowest BCUT2D eigenvalue weighted by Crippen LogP contribution is -2.43. The first-order valence-corrected chi connectivity index (χ1v) is 6.15. The van der Waals surface area contributed by atoms with E-state index in [0.717, 1.165) is 25.8 Å². The molecule has 1 saturated carbocycles. The minimum atomic E-state index is 0.134. The molecule has 0 heterocycles. The maximum atomic E-state index is 12.3. The highest BCUT2D eigenvalue weighted by atomic mass is 16.5. The van der Waals surface area contributed by atoms with Gasteiger partial charge in [0.2, 0.25) is 5.91 Å². The van der Waals surface area contributed by atoms with Gasteiger partial charge in [-0.2, -0.15) is 0 Å². The maximum absolute atomic E-state index is 12.3. The molecule has 4 nitrogen and oxygen atoms in total. The fraction of sp³-hybridized carbons (Fsp3) is 0.917. The lowest BCUT2D eigenvalue weighted by Gasteiger charge is -2.30. The molecule has 2 N–H and O–H groups in total. The van der Waals surface area contributed by atoms with Gasteiger partial charge < -0.3 is 15.4 Å². The smallest absolute Gasteiger partial charge is 0.226 e. The second-order valence-electron chi connectivity index (χ2n) is 4.70. The number of nitrogens with zero attached hydrogens (tertiary/aromatic N) is 1. The molecule has 0 aromatic heterocycles. The van der Waals surface area contributed by atoms with Crippen molar-refractivity contribution in [2.45, 2.75) is 45.2 Å². The Morgan fingerprint density at radius 2 is 2.25 bits per heavy atom. The quantitative estimate of drug-likeness (QED) is 0.763. The third kappa shape index (κ3) is 3.19. The Kier molecular flexibility index (Phi) is 5.22. The van der Waals surface area contributed by atoms with Gasteiger partial charge in [-0.05, 0) is 33.1 Å². The van der Waals surface area contributed by atoms with Crippen LogP contribution in [0.25, 0.3) is 0 Å². The summed E-state index contributed by atoms with van der Waals surface area (Å²) in [6, 6.07) is 0.365. The molecule has 16 heavy (non-hydrogen) atoms. The van der Waals surface area contributed by atoms with Crippen molar-refractivity contribution in [3.8, 4) is 0 Å². The monoisotopic (exact) mass is 228 g/mol. The largest absolute Gasteiger partial charge is 0.383 e. The maximum Gasteiger partial charge on any atom is 0.226 e. The number of ether oxygens (including phenoxy) is 1. The van der Waals surface area contributed by atoms with E-state index in [1.165, 1.54) is 0 Å². The molecular weight excluding hydrogens is 204 g/mol. The van der Waals surface area contributed by atoms with Gasteiger partial charge in [-0.25, -0.2) is 0 Å². The second-order valence-corrected chi connectivity index (χ2v) is 4.70. The highest BCUT2D eigenvalue weighted by Gasteiger charge is 2.32. The van der Waals surface area contributed by atoms with E-state index in [-0.39, 0.29) is 23.9 Å². The van der Waals surface area contributed by atoms with Crippen LogP contribution in [0.2, 0.25) is 0 Å². The molecule has 0 radical (unpaired) electrons. The van der Waals surface area contributed by atoms with Crippen molar-refractivity contribution >= 4 is 5.91 Å². The van der Waals surface area contributed by atoms with Crippen LogP contribution in [0.4, 0.5) is 0 Å². The first-order chi connectivity index (χ1) is 7.60. The number of rotatable bonds is 5. The first-order valence-electron chi connectivity index (χ1n) is 6.15. The predicted molar refractivity (Wildman–Crippen MR) is 64.0 cm³/mol. The van der Waals surface area contributed by atoms with Gasteiger partial charge in [-0.1, -0.05) is 0 Å². The zero-order chi connectivity index (χ0) is 12.1. The van der Waals surface area contributed by atoms with Crippen LogP contribution in [0.15, 0.2) is 0 Å². The van der Waals surface area contributed by atoms with Crippen molar-refractivity contribution in [2.24, 2.45) is 11.7 Å². The van der Waals surface area contributed by atoms with Crippen LogP contribution in [0.5, 0.6) is 0 Å². The molecule has 3 atom stereocenters. The van der Waals surface area contributed by atoms with Gasteiger partial charge in [0.25, 0.3) is 0 Å². The zero-order valence-corrected chi connectivity index (χ0v) is 10.6. The van der Waals surface area contributed by atoms with E-state index in [4.69, 9.17) is 10.5 Å². The summed E-state index contributed by atoms with van der Waals surface area (Å²) in [5, 5.41) is 0. The molecule has 4 heteroatoms. The summed E-state index contributed by atoms with van der Waals surface area (Å²) in [7, 11) is 1.67. The Morgan fingerprint density at radius 1 is 1.56 bits per heavy atom. The van der Waals surface area contributed by atoms with Crippen molar-refractivity contribution in [1.82, 2.24) is 4.90 Å². The Morgan fingerprint density at radius 3 is 2.69 bits per heavy atom. The highest BCUT2D eigenvalue weighted by Crippen LogP contribution is 2.26. The summed E-state index contributed by atoms with van der Waals surface area (Å²) in [5.41, 5.74) is 5.84. The topological polar surface area (TPSA) is 55.6 Å². The summed E-state index contributed by atoms with van der Waals surface area (Å²) in [6.07, 6.45) is 2.76. The van der Waals surface area contributed by atoms with Crippen molar-refractivity contribution in [1.29, 1.82) is 0 Å². The third-order valence-corrected chi connectivity index (χ3v) is 3.39. The highest BCUT2D eigenvalue weighted by molar-refractivity contribution is 5.79. The standard InChI is InChI=1S/C12H24N2O2/c1-4-14(9(2)8-16-3)12(15)10-5-6-11(13)7-10/h9-11H,4-8,13H2,1-3H3. The van der Waals surface area contributed by atoms with Crippen LogP contribution in [-0.2, 0) is 9.53 Å². The third-order valence-electron chi connectivity index (χ3n) is 3.39. The van der Waals surface area contributed by atoms with E-state index in [0.29, 0.717) is 6.61 Å². The van der Waals surface area contributed by atoms with Gasteiger partial charge in [0.1, 0.15) is 0 Å². The van der Waals surface area contributed by atoms with Crippen molar-refractivity contribution in [3.63, 3.8) is 0 Å². The molecule has 0 aliphatic heterocycles. The van der Waals surface area contributed by atoms with Crippen LogP contribution < -0.4 is 5.73 Å². The fourth-order valence-corrected chi connectivity index (χ4v) is 2.49. The Labute approximate surface area is 98.1 Å². The molecule has 0 aromatic rings. The molecule has 1 fully saturated rings. The molecule has 1 amide bonds. The second kappa shape index (κ2) is 6.21. The Hall–Kier alpha value is -0.610. The number of carbonyl (C=O) groups excluding carboxylic acids is 1. The van der Waals surface area contributed by atoms with Gasteiger partial charge in [-0.15, -0.1) is 0 Å². The van der Waals surface area contributed by atoms with E-state index in [1.807, 2.05) is 18.7 Å². The molecule has 0 saturated heterocycles. The molecule has 1 aliphatic carbocycles. The van der Waals surface area contributed by atoms with Crippen LogP contribution in [0.1, 0.15) is 33.1 Å². The van der Waals surface area contributed by atoms with E-state index in [1.54, 1.807) is 7.11 Å². The average Bonchev–Trinajstić information content (AvgIpc) is 2.66. The van der Waals surface area contributed by atoms with Crippen molar-refractivity contribution in [2.75, 3.05) is 20.3 Å². The lowest BCUT2D eigenvalue weighted by molar-refractivity contribution is -0.138. The van der Waals surface area contributed by atoms with Crippen LogP contribution in [-0.4, -0.2) is 43.2 Å². The Balaban J connectivity index is 2.55. The minimum Gasteiger partial charge on any atom is -0.383 e. The van der Waals surface area contributed by atoms with Crippen molar-refractivity contribution < 1.29 is 9.53 Å². The van der Waals surface area contributed by atoms with Gasteiger partial charge >= 0.3 is 0 Å². The van der Waals surface area contributed by atoms with Crippen LogP contribution in [0, 0.1) is 5.92 Å². The number of carbonyl (C=O) groups is 1. The molecule has 3 unspecified atom stereocenters. The lowest BCUT2D eigenvalue weighted by atomic mass is 10.1. The van der Waals surface area contributed by atoms with Gasteiger partial charge in [0.05, 0.1) is 12.6 Å². The molecular formula is C12H24N2O2. The van der Waals surface area contributed by atoms with E-state index in [2.05, 4.69) is 0 Å². The fourth-order valence-electron chi connectivity index (χ4n) is 2.49. The van der Waals surface area contributed by atoms with E-state index >= 15 is 0 Å². The average molecular weight is 228 g/mol. The van der Waals surface area contributed by atoms with Crippen molar-refractivity contribution in [3.05, 3.63) is 0 Å². The molecule has 0 spiro atoms. The summed E-state index contributed by atoms with van der Waals surface area (Å²) < 4.78 is 5.10. The summed E-state index contributed by atoms with van der Waals surface area (Å²) in [5.74, 6) is 0.384. The van der Waals surface area contributed by atoms with E-state index < -0.39 is 0 Å². The van der Waals surface area contributed by atoms with Gasteiger partial charge in [0, 0.05) is 25.6 Å². The SMILES string of the molecule is CCN(C(=O)C1CCC(N)C1)C(C)COC. The number of methoxy groups -OCH3 is 1. The van der Waals surface area contributed by atoms with Gasteiger partial charge in [0.15, 0.2) is 0 Å². The summed E-state index contributed by atoms with van der Waals surface area (Å²) in [4.78, 5) is 14.2. The Bertz CT molecular complexity index is 233. The number of hydrogen-bond acceptors (Lipinski definition) is 3. The number of amides is 1. The molecule has 1 rings (SSSR count). The summed E-state index contributed by atoms with van der Waals surface area (Å²) >= 11 is 0. The van der Waals surface area contributed by atoms with Crippen LogP contribution >= 0.6 is 0 Å². The first kappa shape index (κ1) is 13.5. The molecule has 94 valence electrons. The predicted octanol–water partition coefficient (Wildman–Crippen LogP) is 0.997. The zero-order valence-electron chi connectivity index (χ0n) is 10.6. The molecule has 1 aliphatic rings. The number of nitrogens with two attached hydrogens (primary N) is 1.